The van der Waals surface area contributed by atoms with E-state index in [0.717, 1.165) is 16.9 Å². The highest BCUT2D eigenvalue weighted by molar-refractivity contribution is 7.16. The molecule has 0 spiro atoms. The van der Waals surface area contributed by atoms with Gasteiger partial charge in [0.2, 0.25) is 0 Å². The number of aliphatic hydroxyl groups is 1. The van der Waals surface area contributed by atoms with E-state index < -0.39 is 6.10 Å². The molecule has 1 aliphatic rings. The quantitative estimate of drug-likeness (QED) is 0.528. The van der Waals surface area contributed by atoms with E-state index in [2.05, 4.69) is 15.6 Å². The van der Waals surface area contributed by atoms with Crippen LogP contribution in [0.1, 0.15) is 35.8 Å². The first-order valence-corrected chi connectivity index (χ1v) is 9.50. The molecule has 1 aromatic carbocycles. The Balaban J connectivity index is 1.59. The van der Waals surface area contributed by atoms with E-state index in [4.69, 9.17) is 11.6 Å². The third kappa shape index (κ3) is 4.71. The molecule has 1 heterocycles. The molecule has 25 heavy (non-hydrogen) atoms. The minimum Gasteiger partial charge on any atom is -0.386 e. The smallest absolute Gasteiger partial charge is 0.191 e. The molecule has 3 rings (SSSR count). The first-order valence-electron chi connectivity index (χ1n) is 8.31. The Morgan fingerprint density at radius 2 is 2.20 bits per heavy atom. The van der Waals surface area contributed by atoms with Crippen molar-refractivity contribution >= 4 is 28.9 Å². The summed E-state index contributed by atoms with van der Waals surface area (Å²) in [4.78, 5) is 5.24. The van der Waals surface area contributed by atoms with E-state index in [9.17, 15) is 9.50 Å². The zero-order valence-corrected chi connectivity index (χ0v) is 15.4. The molecule has 1 saturated carbocycles. The lowest BCUT2D eigenvalue weighted by Gasteiger charge is -2.13. The van der Waals surface area contributed by atoms with Crippen molar-refractivity contribution in [1.82, 2.24) is 10.6 Å². The van der Waals surface area contributed by atoms with E-state index in [1.165, 1.54) is 17.4 Å². The number of hydrogen-bond acceptors (Lipinski definition) is 3. The zero-order chi connectivity index (χ0) is 17.8. The molecule has 3 atom stereocenters. The average Bonchev–Trinajstić information content (AvgIpc) is 3.21. The van der Waals surface area contributed by atoms with E-state index in [1.807, 2.05) is 25.1 Å². The number of guanidine groups is 1. The van der Waals surface area contributed by atoms with Gasteiger partial charge in [0.1, 0.15) is 11.9 Å². The van der Waals surface area contributed by atoms with Gasteiger partial charge in [-0.3, -0.25) is 4.99 Å². The molecule has 3 N–H and O–H groups in total. The molecule has 4 nitrogen and oxygen atoms in total. The summed E-state index contributed by atoms with van der Waals surface area (Å²) in [7, 11) is 0. The predicted octanol–water partition coefficient (Wildman–Crippen LogP) is 3.69. The van der Waals surface area contributed by atoms with Gasteiger partial charge in [-0.2, -0.15) is 0 Å². The fraction of sp³-hybridized carbons (Fsp3) is 0.389. The van der Waals surface area contributed by atoms with Gasteiger partial charge in [0.25, 0.3) is 0 Å². The van der Waals surface area contributed by atoms with Crippen molar-refractivity contribution in [3.63, 3.8) is 0 Å². The van der Waals surface area contributed by atoms with Gasteiger partial charge in [0.05, 0.1) is 10.9 Å². The van der Waals surface area contributed by atoms with Gasteiger partial charge in [0.15, 0.2) is 5.96 Å². The third-order valence-corrected chi connectivity index (χ3v) is 5.44. The van der Waals surface area contributed by atoms with Crippen LogP contribution in [0.4, 0.5) is 4.39 Å². The van der Waals surface area contributed by atoms with Crippen LogP contribution in [0.15, 0.2) is 41.4 Å². The predicted molar refractivity (Wildman–Crippen MR) is 101 cm³/mol. The number of thiophene rings is 1. The topological polar surface area (TPSA) is 56.7 Å². The SMILES string of the molecule is CCNC(=NCC(O)c1ccc(Cl)s1)NC1CC1c1ccccc1F. The molecule has 0 bridgehead atoms. The highest BCUT2D eigenvalue weighted by Gasteiger charge is 2.40. The molecule has 0 radical (unpaired) electrons. The lowest BCUT2D eigenvalue weighted by Crippen LogP contribution is -2.39. The summed E-state index contributed by atoms with van der Waals surface area (Å²) in [5.41, 5.74) is 0.740. The number of aliphatic imine (C=N–C) groups is 1. The second kappa shape index (κ2) is 8.17. The summed E-state index contributed by atoms with van der Waals surface area (Å²) in [5, 5.41) is 16.7. The molecule has 1 aromatic heterocycles. The van der Waals surface area contributed by atoms with Crippen LogP contribution in [0.2, 0.25) is 4.34 Å². The van der Waals surface area contributed by atoms with Crippen molar-refractivity contribution in [3.8, 4) is 0 Å². The highest BCUT2D eigenvalue weighted by atomic mass is 35.5. The lowest BCUT2D eigenvalue weighted by molar-refractivity contribution is 0.191. The standard InChI is InChI=1S/C18H21ClFN3OS/c1-2-21-18(22-10-15(24)16-7-8-17(19)25-16)23-14-9-12(14)11-5-3-4-6-13(11)20/h3-8,12,14-15,24H,2,9-10H2,1H3,(H2,21,22,23). The lowest BCUT2D eigenvalue weighted by atomic mass is 10.1. The monoisotopic (exact) mass is 381 g/mol. The number of hydrogen-bond donors (Lipinski definition) is 3. The van der Waals surface area contributed by atoms with Crippen LogP contribution in [0.5, 0.6) is 0 Å². The van der Waals surface area contributed by atoms with Crippen molar-refractivity contribution in [2.24, 2.45) is 4.99 Å². The summed E-state index contributed by atoms with van der Waals surface area (Å²) in [6.45, 7) is 2.93. The van der Waals surface area contributed by atoms with Crippen LogP contribution < -0.4 is 10.6 Å². The van der Waals surface area contributed by atoms with Gasteiger partial charge in [0, 0.05) is 23.4 Å². The number of nitrogens with zero attached hydrogens (tertiary/aromatic N) is 1. The van der Waals surface area contributed by atoms with Gasteiger partial charge in [-0.15, -0.1) is 11.3 Å². The second-order valence-electron chi connectivity index (χ2n) is 5.99. The fourth-order valence-electron chi connectivity index (χ4n) is 2.74. The van der Waals surface area contributed by atoms with Crippen molar-refractivity contribution in [1.29, 1.82) is 0 Å². The Morgan fingerprint density at radius 1 is 1.40 bits per heavy atom. The van der Waals surface area contributed by atoms with Crippen molar-refractivity contribution in [2.45, 2.75) is 31.4 Å². The molecular formula is C18H21ClFN3OS. The molecule has 7 heteroatoms. The Labute approximate surface area is 155 Å². The molecule has 0 amide bonds. The summed E-state index contributed by atoms with van der Waals surface area (Å²) < 4.78 is 14.5. The molecule has 2 aromatic rings. The number of benzene rings is 1. The minimum absolute atomic E-state index is 0.156. The summed E-state index contributed by atoms with van der Waals surface area (Å²) in [5.74, 6) is 0.628. The van der Waals surface area contributed by atoms with E-state index in [1.54, 1.807) is 12.1 Å². The normalized spacial score (nSPS) is 21.0. The maximum atomic E-state index is 13.9. The van der Waals surface area contributed by atoms with Crippen LogP contribution in [-0.2, 0) is 0 Å². The van der Waals surface area contributed by atoms with Crippen LogP contribution in [-0.4, -0.2) is 30.2 Å². The Bertz CT molecular complexity index is 751. The summed E-state index contributed by atoms with van der Waals surface area (Å²) >= 11 is 7.25. The molecule has 1 aliphatic carbocycles. The second-order valence-corrected chi connectivity index (χ2v) is 7.74. The largest absolute Gasteiger partial charge is 0.386 e. The summed E-state index contributed by atoms with van der Waals surface area (Å²) in [6.07, 6.45) is 0.184. The van der Waals surface area contributed by atoms with Crippen molar-refractivity contribution in [3.05, 3.63) is 57.0 Å². The molecule has 1 fully saturated rings. The Morgan fingerprint density at radius 3 is 2.88 bits per heavy atom. The molecule has 0 saturated heterocycles. The fourth-order valence-corrected chi connectivity index (χ4v) is 3.78. The Hall–Kier alpha value is -1.63. The number of nitrogens with one attached hydrogen (secondary N) is 2. The van der Waals surface area contributed by atoms with Gasteiger partial charge in [-0.1, -0.05) is 29.8 Å². The van der Waals surface area contributed by atoms with Gasteiger partial charge in [-0.05, 0) is 37.1 Å². The Kier molecular flexibility index (Phi) is 5.93. The van der Waals surface area contributed by atoms with Crippen LogP contribution in [0.25, 0.3) is 0 Å². The highest BCUT2D eigenvalue weighted by Crippen LogP contribution is 2.41. The molecule has 3 unspecified atom stereocenters. The van der Waals surface area contributed by atoms with Gasteiger partial charge in [-0.25, -0.2) is 4.39 Å². The first-order chi connectivity index (χ1) is 12.1. The minimum atomic E-state index is -0.686. The molecule has 0 aliphatic heterocycles. The molecular weight excluding hydrogens is 361 g/mol. The number of aliphatic hydroxyl groups excluding tert-OH is 1. The average molecular weight is 382 g/mol. The van der Waals surface area contributed by atoms with Crippen molar-refractivity contribution < 1.29 is 9.50 Å². The molecule has 134 valence electrons. The number of halogens is 2. The van der Waals surface area contributed by atoms with Gasteiger partial charge >= 0.3 is 0 Å². The van der Waals surface area contributed by atoms with Crippen LogP contribution in [0.3, 0.4) is 0 Å². The summed E-state index contributed by atoms with van der Waals surface area (Å²) in [6, 6.07) is 10.6. The van der Waals surface area contributed by atoms with Crippen LogP contribution >= 0.6 is 22.9 Å². The van der Waals surface area contributed by atoms with Crippen LogP contribution in [0, 0.1) is 5.82 Å². The van der Waals surface area contributed by atoms with Gasteiger partial charge < -0.3 is 15.7 Å². The van der Waals surface area contributed by atoms with E-state index in [0.29, 0.717) is 16.8 Å². The van der Waals surface area contributed by atoms with E-state index in [-0.39, 0.29) is 24.3 Å². The third-order valence-electron chi connectivity index (χ3n) is 4.11. The number of rotatable bonds is 6. The van der Waals surface area contributed by atoms with E-state index >= 15 is 0 Å². The maximum Gasteiger partial charge on any atom is 0.191 e. The van der Waals surface area contributed by atoms with Crippen molar-refractivity contribution in [2.75, 3.05) is 13.1 Å². The zero-order valence-electron chi connectivity index (χ0n) is 13.9. The first kappa shape index (κ1) is 18.2. The maximum absolute atomic E-state index is 13.9.